The van der Waals surface area contributed by atoms with Crippen LogP contribution in [0.25, 0.3) is 9.75 Å². The normalized spacial score (nSPS) is 11.2. The van der Waals surface area contributed by atoms with E-state index in [-0.39, 0.29) is 89.7 Å². The summed E-state index contributed by atoms with van der Waals surface area (Å²) in [7, 11) is 0. The van der Waals surface area contributed by atoms with Crippen molar-refractivity contribution in [2.24, 2.45) is 0 Å². The molecule has 0 nitrogen and oxygen atoms in total. The molecule has 2 heterocycles. The molecule has 8 heteroatoms. The van der Waals surface area contributed by atoms with Crippen LogP contribution in [0.5, 0.6) is 0 Å². The van der Waals surface area contributed by atoms with Gasteiger partial charge >= 0.3 is 356 Å². The molecule has 0 saturated heterocycles. The van der Waals surface area contributed by atoms with Crippen LogP contribution in [0.15, 0.2) is 182 Å². The van der Waals surface area contributed by atoms with Crippen LogP contribution >= 0.6 is 22.7 Å². The fourth-order valence-corrected chi connectivity index (χ4v) is 26.9. The van der Waals surface area contributed by atoms with Gasteiger partial charge in [-0.3, -0.25) is 0 Å². The van der Waals surface area contributed by atoms with Crippen LogP contribution in [0.1, 0.15) is 0 Å². The van der Waals surface area contributed by atoms with Gasteiger partial charge in [0.25, 0.3) is 0 Å². The minimum atomic E-state index is 0.181. The third-order valence-electron chi connectivity index (χ3n) is 7.55. The summed E-state index contributed by atoms with van der Waals surface area (Å²) in [5.74, 6) is 0. The van der Waals surface area contributed by atoms with E-state index in [9.17, 15) is 0 Å². The Balaban J connectivity index is 1.37. The summed E-state index contributed by atoms with van der Waals surface area (Å²) in [6, 6.07) is 67.5. The van der Waals surface area contributed by atoms with Crippen molar-refractivity contribution < 1.29 is 0 Å². The molecule has 8 rings (SSSR count). The van der Waals surface area contributed by atoms with E-state index in [0.717, 1.165) is 0 Å². The molecule has 0 amide bonds. The van der Waals surface area contributed by atoms with Gasteiger partial charge in [0.1, 0.15) is 0 Å². The molecule has 0 bridgehead atoms. The van der Waals surface area contributed by atoms with Crippen LogP contribution in [-0.4, -0.2) is 89.7 Å². The molecule has 8 aromatic rings. The Kier molecular flexibility index (Phi) is 13.1. The summed E-state index contributed by atoms with van der Waals surface area (Å²) < 4.78 is 18.4. The zero-order valence-corrected chi connectivity index (χ0v) is 39.5. The Morgan fingerprint density at radius 3 is 0.692 bits per heavy atom. The summed E-state index contributed by atoms with van der Waals surface area (Å²) in [5, 5.41) is 0. The molecule has 0 aliphatic rings. The molecule has 0 N–H and O–H groups in total. The average Bonchev–Trinajstić information content (AvgIpc) is 3.69. The molecule has 0 atom stereocenters. The third kappa shape index (κ3) is 9.37. The van der Waals surface area contributed by atoms with Crippen molar-refractivity contribution in [3.05, 3.63) is 182 Å². The topological polar surface area (TPSA) is 0 Å². The van der Waals surface area contributed by atoms with E-state index in [2.05, 4.69) is 205 Å². The van der Waals surface area contributed by atoms with Crippen LogP contribution in [-0.2, 0) is 0 Å². The molecule has 254 valence electrons. The predicted molar refractivity (Wildman–Crippen MR) is 236 cm³/mol. The molecule has 2 aromatic heterocycles. The maximum atomic E-state index is 2.35. The zero-order valence-electron chi connectivity index (χ0n) is 27.6. The second kappa shape index (κ2) is 18.4. The first-order chi connectivity index (χ1) is 25.8. The zero-order chi connectivity index (χ0) is 35.0. The van der Waals surface area contributed by atoms with Gasteiger partial charge in [0.15, 0.2) is 0 Å². The summed E-state index contributed by atoms with van der Waals surface area (Å²) in [6.45, 7) is 0. The molecular formula is C44H30S2Se6. The summed E-state index contributed by atoms with van der Waals surface area (Å²) in [4.78, 5) is 3.09. The Morgan fingerprint density at radius 2 is 0.442 bits per heavy atom. The van der Waals surface area contributed by atoms with Gasteiger partial charge in [0.2, 0.25) is 0 Å². The van der Waals surface area contributed by atoms with Gasteiger partial charge in [-0.2, -0.15) is 0 Å². The van der Waals surface area contributed by atoms with Crippen molar-refractivity contribution in [2.75, 3.05) is 0 Å². The molecule has 0 saturated carbocycles. The average molecular weight is 1100 g/mol. The summed E-state index contributed by atoms with van der Waals surface area (Å²) in [6.07, 6.45) is 0. The number of hydrogen-bond acceptors (Lipinski definition) is 2. The molecule has 0 radical (unpaired) electrons. The van der Waals surface area contributed by atoms with Gasteiger partial charge in [-0.05, 0) is 0 Å². The number of benzene rings is 6. The Bertz CT molecular complexity index is 2160. The van der Waals surface area contributed by atoms with E-state index in [1.165, 1.54) is 26.8 Å². The van der Waals surface area contributed by atoms with Crippen molar-refractivity contribution in [1.82, 2.24) is 0 Å². The Hall–Kier alpha value is -2.16. The van der Waals surface area contributed by atoms with E-state index in [4.69, 9.17) is 0 Å². The number of thiophene rings is 2. The monoisotopic (exact) mass is 1100 g/mol. The molecular weight excluding hydrogens is 1070 g/mol. The second-order valence-electron chi connectivity index (χ2n) is 11.2. The SMILES string of the molecule is c1ccc([Se]c2sc(-c3sc([Se]c4ccccc4)c([Se]c4ccccc4)c3[Se]c3ccccc3)c([Se]c3ccccc3)c2[Se]c2ccccc2)cc1. The van der Waals surface area contributed by atoms with Crippen LogP contribution < -0.4 is 52.2 Å². The van der Waals surface area contributed by atoms with E-state index >= 15 is 0 Å². The molecule has 52 heavy (non-hydrogen) atoms. The Labute approximate surface area is 352 Å². The molecule has 6 aromatic carbocycles. The van der Waals surface area contributed by atoms with Crippen LogP contribution in [0.2, 0.25) is 0 Å². The van der Waals surface area contributed by atoms with Gasteiger partial charge in [0, 0.05) is 0 Å². The second-order valence-corrected chi connectivity index (χ2v) is 28.1. The maximum absolute atomic E-state index is 2.35. The first-order valence-corrected chi connectivity index (χ1v) is 28.4. The van der Waals surface area contributed by atoms with Crippen molar-refractivity contribution in [3.8, 4) is 9.75 Å². The number of hydrogen-bond donors (Lipinski definition) is 0. The Morgan fingerprint density at radius 1 is 0.231 bits per heavy atom. The van der Waals surface area contributed by atoms with Gasteiger partial charge in [-0.25, -0.2) is 0 Å². The van der Waals surface area contributed by atoms with Crippen molar-refractivity contribution in [3.63, 3.8) is 0 Å². The van der Waals surface area contributed by atoms with Crippen LogP contribution in [0, 0.1) is 0 Å². The van der Waals surface area contributed by atoms with Gasteiger partial charge < -0.3 is 0 Å². The fourth-order valence-electron chi connectivity index (χ4n) is 5.17. The summed E-state index contributed by atoms with van der Waals surface area (Å²) in [5.41, 5.74) is 0. The van der Waals surface area contributed by atoms with E-state index in [1.54, 1.807) is 35.2 Å². The fraction of sp³-hybridized carbons (Fsp3) is 0. The van der Waals surface area contributed by atoms with Gasteiger partial charge in [-0.1, -0.05) is 0 Å². The first-order valence-electron chi connectivity index (χ1n) is 16.5. The predicted octanol–water partition coefficient (Wildman–Crippen LogP) is 1.41. The molecule has 0 aliphatic heterocycles. The number of rotatable bonds is 13. The molecule has 0 spiro atoms. The van der Waals surface area contributed by atoms with E-state index < -0.39 is 0 Å². The van der Waals surface area contributed by atoms with E-state index in [0.29, 0.717) is 0 Å². The first kappa shape index (κ1) is 36.8. The van der Waals surface area contributed by atoms with Gasteiger partial charge in [-0.15, -0.1) is 0 Å². The van der Waals surface area contributed by atoms with Gasteiger partial charge in [0.05, 0.1) is 0 Å². The summed E-state index contributed by atoms with van der Waals surface area (Å²) >= 11 is 5.49. The van der Waals surface area contributed by atoms with E-state index in [1.807, 2.05) is 0 Å². The molecule has 0 fully saturated rings. The van der Waals surface area contributed by atoms with Crippen LogP contribution in [0.4, 0.5) is 0 Å². The standard InChI is InChI=1S/C44H30S2Se6/c1-7-19-31(20-8-1)47-39-37(45-43(51-35-27-15-5-16-28-35)41(39)49-33-23-11-3-12-24-33)38-40(48-32-21-9-2-10-22-32)42(50-34-25-13-4-14-26-34)44(46-38)52-36-29-17-6-18-30-36/h1-30H. The third-order valence-corrected chi connectivity index (χ3v) is 28.6. The molecule has 0 unspecified atom stereocenters. The minimum absolute atomic E-state index is 0.181. The van der Waals surface area contributed by atoms with Crippen LogP contribution in [0.3, 0.4) is 0 Å². The quantitative estimate of drug-likeness (QED) is 0.154. The van der Waals surface area contributed by atoms with Crippen molar-refractivity contribution in [1.29, 1.82) is 0 Å². The van der Waals surface area contributed by atoms with Crippen molar-refractivity contribution >= 4 is 165 Å². The van der Waals surface area contributed by atoms with Crippen molar-refractivity contribution in [2.45, 2.75) is 0 Å². The molecule has 0 aliphatic carbocycles.